The Labute approximate surface area is 45.2 Å². The van der Waals surface area contributed by atoms with Crippen LogP contribution in [0.3, 0.4) is 0 Å². The Kier molecular flexibility index (Phi) is 3.57. The van der Waals surface area contributed by atoms with Crippen molar-refractivity contribution in [2.75, 3.05) is 13.2 Å². The molecule has 0 spiro atoms. The first-order valence-corrected chi connectivity index (χ1v) is 2.77. The zero-order valence-electron chi connectivity index (χ0n) is 3.70. The van der Waals surface area contributed by atoms with E-state index in [9.17, 15) is 0 Å². The lowest BCUT2D eigenvalue weighted by molar-refractivity contribution is 0.347. The quantitative estimate of drug-likeness (QED) is 0.356. The first-order chi connectivity index (χ1) is 2.89. The first-order valence-electron chi connectivity index (χ1n) is 1.64. The zero-order chi connectivity index (χ0) is 4.41. The van der Waals surface area contributed by atoms with Gasteiger partial charge in [0.15, 0.2) is 0 Å². The molecule has 1 saturated heterocycles. The maximum atomic E-state index is 8.35. The van der Waals surface area contributed by atoms with Gasteiger partial charge in [-0.3, -0.25) is 0 Å². The summed E-state index contributed by atoms with van der Waals surface area (Å²) in [5.41, 5.74) is 0. The molecule has 1 fully saturated rings. The fourth-order valence-corrected chi connectivity index (χ4v) is 0.804. The minimum atomic E-state index is -1.47. The second-order valence-corrected chi connectivity index (χ2v) is 1.90. The molecule has 1 aliphatic heterocycles. The van der Waals surface area contributed by atoms with Crippen LogP contribution in [0.25, 0.3) is 0 Å². The molecule has 0 unspecified atom stereocenters. The Hall–Kier alpha value is 0.375. The van der Waals surface area contributed by atoms with Gasteiger partial charge in [-0.1, -0.05) is 0 Å². The van der Waals surface area contributed by atoms with Gasteiger partial charge < -0.3 is 13.9 Å². The average Bonchev–Trinajstić information content (AvgIpc) is 1.86. The molecule has 0 saturated carbocycles. The van der Waals surface area contributed by atoms with Crippen LogP contribution >= 0.6 is 8.60 Å². The maximum absolute atomic E-state index is 8.35. The third-order valence-electron chi connectivity index (χ3n) is 0.487. The Bertz CT molecular complexity index is 46.2. The van der Waals surface area contributed by atoms with E-state index in [0.29, 0.717) is 13.2 Å². The maximum Gasteiger partial charge on any atom is 0.330 e. The summed E-state index contributed by atoms with van der Waals surface area (Å²) in [6, 6.07) is 0. The highest BCUT2D eigenvalue weighted by Gasteiger charge is 2.12. The van der Waals surface area contributed by atoms with E-state index in [0.717, 1.165) is 0 Å². The highest BCUT2D eigenvalue weighted by Crippen LogP contribution is 2.36. The van der Waals surface area contributed by atoms with Crippen molar-refractivity contribution in [2.24, 2.45) is 0 Å². The van der Waals surface area contributed by atoms with E-state index in [1.165, 1.54) is 0 Å². The lowest BCUT2D eigenvalue weighted by Gasteiger charge is -1.90. The van der Waals surface area contributed by atoms with Gasteiger partial charge in [-0.25, -0.2) is 0 Å². The van der Waals surface area contributed by atoms with Gasteiger partial charge in [0.05, 0.1) is 13.2 Å². The van der Waals surface area contributed by atoms with Crippen LogP contribution in [0.1, 0.15) is 0 Å². The molecule has 0 aliphatic carbocycles. The molecule has 3 nitrogen and oxygen atoms in total. The minimum absolute atomic E-state index is 0. The molecule has 0 bridgehead atoms. The normalized spacial score (nSPS) is 21.9. The zero-order valence-corrected chi connectivity index (χ0v) is 4.60. The topological polar surface area (TPSA) is 38.7 Å². The van der Waals surface area contributed by atoms with Crippen molar-refractivity contribution in [1.29, 1.82) is 0 Å². The highest BCUT2D eigenvalue weighted by atomic mass is 31.2. The predicted octanol–water partition coefficient (Wildman–Crippen LogP) is -0.128. The third kappa shape index (κ3) is 2.24. The van der Waals surface area contributed by atoms with Gasteiger partial charge in [-0.15, -0.1) is 0 Å². The van der Waals surface area contributed by atoms with Crippen molar-refractivity contribution in [3.63, 3.8) is 0 Å². The lowest BCUT2D eigenvalue weighted by atomic mass is 10.8. The summed E-state index contributed by atoms with van der Waals surface area (Å²) in [7, 11) is -1.47. The minimum Gasteiger partial charge on any atom is -0.328 e. The van der Waals surface area contributed by atoms with Gasteiger partial charge in [0.25, 0.3) is 0 Å². The second kappa shape index (κ2) is 3.39. The summed E-state index contributed by atoms with van der Waals surface area (Å²) in [6.07, 6.45) is 0. The highest BCUT2D eigenvalue weighted by molar-refractivity contribution is 7.40. The molecule has 0 aromatic heterocycles. The van der Waals surface area contributed by atoms with Crippen molar-refractivity contribution >= 4 is 17.0 Å². The molecule has 1 N–H and O–H groups in total. The van der Waals surface area contributed by atoms with Gasteiger partial charge in [-0.2, -0.15) is 0 Å². The lowest BCUT2D eigenvalue weighted by Crippen LogP contribution is -1.79. The summed E-state index contributed by atoms with van der Waals surface area (Å²) in [6.45, 7) is 1.09. The van der Waals surface area contributed by atoms with E-state index in [4.69, 9.17) is 4.89 Å². The largest absolute Gasteiger partial charge is 0.330 e. The smallest absolute Gasteiger partial charge is 0.328 e. The fraction of sp³-hybridized carbons (Fsp3) is 1.00. The van der Waals surface area contributed by atoms with Crippen LogP contribution in [0, 0.1) is 0 Å². The van der Waals surface area contributed by atoms with E-state index >= 15 is 0 Å². The van der Waals surface area contributed by atoms with Crippen molar-refractivity contribution in [3.05, 3.63) is 0 Å². The summed E-state index contributed by atoms with van der Waals surface area (Å²) in [4.78, 5) is 8.35. The van der Waals surface area contributed by atoms with E-state index in [-0.39, 0.29) is 8.41 Å². The van der Waals surface area contributed by atoms with Crippen LogP contribution in [-0.2, 0) is 9.05 Å². The Morgan fingerprint density at radius 3 is 1.86 bits per heavy atom. The van der Waals surface area contributed by atoms with Crippen LogP contribution < -0.4 is 0 Å². The van der Waals surface area contributed by atoms with Crippen molar-refractivity contribution in [1.82, 2.24) is 0 Å². The molecule has 39 valence electrons. The fourth-order valence-electron chi connectivity index (χ4n) is 0.268. The molecule has 0 aromatic carbocycles. The molecule has 7 heavy (non-hydrogen) atoms. The second-order valence-electron chi connectivity index (χ2n) is 0.904. The molecule has 5 heteroatoms. The molecular weight excluding hydrogens is 114 g/mol. The summed E-state index contributed by atoms with van der Waals surface area (Å²) in [5.74, 6) is 0. The number of hydrogen-bond donors (Lipinski definition) is 1. The monoisotopic (exact) mass is 119 g/mol. The number of hydrogen-bond acceptors (Lipinski definition) is 3. The van der Waals surface area contributed by atoms with Gasteiger partial charge >= 0.3 is 8.60 Å². The predicted molar refractivity (Wildman–Crippen MR) is 26.8 cm³/mol. The Morgan fingerprint density at radius 1 is 1.29 bits per heavy atom. The number of rotatable bonds is 0. The average molecular weight is 119 g/mol. The van der Waals surface area contributed by atoms with Crippen molar-refractivity contribution < 1.29 is 13.9 Å². The van der Waals surface area contributed by atoms with E-state index < -0.39 is 8.60 Å². The van der Waals surface area contributed by atoms with Gasteiger partial charge in [0.2, 0.25) is 0 Å². The molecule has 1 aliphatic rings. The van der Waals surface area contributed by atoms with Crippen LogP contribution in [0.5, 0.6) is 0 Å². The Balaban J connectivity index is 0.000000360. The van der Waals surface area contributed by atoms with E-state index in [1.54, 1.807) is 0 Å². The van der Waals surface area contributed by atoms with Crippen LogP contribution in [-0.4, -0.2) is 26.5 Å². The van der Waals surface area contributed by atoms with Crippen molar-refractivity contribution in [3.8, 4) is 0 Å². The molecule has 1 heterocycles. The van der Waals surface area contributed by atoms with Gasteiger partial charge in [-0.05, 0) is 0 Å². The summed E-state index contributed by atoms with van der Waals surface area (Å²) < 4.78 is 9.10. The first kappa shape index (κ1) is 7.37. The Morgan fingerprint density at radius 2 is 1.71 bits per heavy atom. The SMILES string of the molecule is OP1OCCO1.[B]. The molecule has 3 radical (unpaired) electrons. The van der Waals surface area contributed by atoms with Gasteiger partial charge in [0, 0.05) is 8.41 Å². The van der Waals surface area contributed by atoms with Gasteiger partial charge in [0.1, 0.15) is 0 Å². The van der Waals surface area contributed by atoms with E-state index in [1.807, 2.05) is 0 Å². The third-order valence-corrected chi connectivity index (χ3v) is 1.29. The summed E-state index contributed by atoms with van der Waals surface area (Å²) >= 11 is 0. The summed E-state index contributed by atoms with van der Waals surface area (Å²) in [5, 5.41) is 0. The van der Waals surface area contributed by atoms with Crippen LogP contribution in [0.2, 0.25) is 0 Å². The molecule has 1 rings (SSSR count). The standard InChI is InChI=1S/C2H5O3P.B/c3-6-4-1-2-5-6;/h3H,1-2H2;. The molecule has 0 amide bonds. The van der Waals surface area contributed by atoms with Crippen LogP contribution in [0.15, 0.2) is 0 Å². The molecule has 0 aromatic rings. The molecular formula is C2H5BO3P. The molecule has 0 atom stereocenters. The van der Waals surface area contributed by atoms with Crippen molar-refractivity contribution in [2.45, 2.75) is 0 Å². The van der Waals surface area contributed by atoms with Crippen LogP contribution in [0.4, 0.5) is 0 Å². The van der Waals surface area contributed by atoms with E-state index in [2.05, 4.69) is 9.05 Å².